The van der Waals surface area contributed by atoms with Crippen molar-refractivity contribution in [3.8, 4) is 0 Å². The molecule has 6 heteroatoms. The Hall–Kier alpha value is -1.88. The van der Waals surface area contributed by atoms with Gasteiger partial charge in [0.05, 0.1) is 10.7 Å². The summed E-state index contributed by atoms with van der Waals surface area (Å²) in [6.07, 6.45) is 1.57. The highest BCUT2D eigenvalue weighted by Gasteiger charge is 2.07. The Morgan fingerprint density at radius 1 is 1.29 bits per heavy atom. The second kappa shape index (κ2) is 4.97. The molecule has 0 aliphatic rings. The monoisotopic (exact) mass is 252 g/mol. The molecule has 1 aromatic carbocycles. The minimum absolute atomic E-state index is 0.0675. The summed E-state index contributed by atoms with van der Waals surface area (Å²) in [6, 6.07) is 6.37. The standard InChI is InChI=1S/C11H10ClFN4/c1-14-11-15-6-5-9(17-11)16-8-4-2-3-7(12)10(8)13/h2-6H,1H3,(H2,14,15,16,17). The zero-order valence-corrected chi connectivity index (χ0v) is 9.79. The van der Waals surface area contributed by atoms with Crippen molar-refractivity contribution in [3.63, 3.8) is 0 Å². The maximum Gasteiger partial charge on any atom is 0.224 e. The maximum absolute atomic E-state index is 13.6. The number of hydrogen-bond acceptors (Lipinski definition) is 4. The lowest BCUT2D eigenvalue weighted by Gasteiger charge is -2.08. The van der Waals surface area contributed by atoms with Gasteiger partial charge in [0, 0.05) is 13.2 Å². The van der Waals surface area contributed by atoms with Crippen molar-refractivity contribution in [1.29, 1.82) is 0 Å². The second-order valence-corrected chi connectivity index (χ2v) is 3.65. The summed E-state index contributed by atoms with van der Waals surface area (Å²) in [7, 11) is 1.71. The average molecular weight is 253 g/mol. The molecule has 1 aromatic heterocycles. The van der Waals surface area contributed by atoms with Crippen LogP contribution in [0.3, 0.4) is 0 Å². The number of rotatable bonds is 3. The second-order valence-electron chi connectivity index (χ2n) is 3.24. The van der Waals surface area contributed by atoms with Crippen molar-refractivity contribution in [2.75, 3.05) is 17.7 Å². The molecule has 2 N–H and O–H groups in total. The SMILES string of the molecule is CNc1nccc(Nc2cccc(Cl)c2F)n1. The van der Waals surface area contributed by atoms with Gasteiger partial charge in [0.25, 0.3) is 0 Å². The molecule has 88 valence electrons. The average Bonchev–Trinajstić information content (AvgIpc) is 2.35. The first kappa shape index (κ1) is 11.6. The molecular weight excluding hydrogens is 243 g/mol. The van der Waals surface area contributed by atoms with E-state index in [0.29, 0.717) is 11.8 Å². The summed E-state index contributed by atoms with van der Waals surface area (Å²) >= 11 is 5.68. The van der Waals surface area contributed by atoms with E-state index in [1.807, 2.05) is 0 Å². The first-order valence-electron chi connectivity index (χ1n) is 4.92. The zero-order chi connectivity index (χ0) is 12.3. The van der Waals surface area contributed by atoms with Crippen molar-refractivity contribution < 1.29 is 4.39 Å². The third-order valence-corrected chi connectivity index (χ3v) is 2.39. The molecule has 4 nitrogen and oxygen atoms in total. The Morgan fingerprint density at radius 2 is 2.12 bits per heavy atom. The Balaban J connectivity index is 2.28. The van der Waals surface area contributed by atoms with Gasteiger partial charge in [-0.3, -0.25) is 0 Å². The van der Waals surface area contributed by atoms with Crippen LogP contribution in [0.5, 0.6) is 0 Å². The van der Waals surface area contributed by atoms with Crippen LogP contribution in [0.2, 0.25) is 5.02 Å². The van der Waals surface area contributed by atoms with Crippen LogP contribution < -0.4 is 10.6 Å². The number of benzene rings is 1. The molecule has 0 aliphatic carbocycles. The van der Waals surface area contributed by atoms with Crippen LogP contribution in [0.4, 0.5) is 21.8 Å². The Bertz CT molecular complexity index is 533. The normalized spacial score (nSPS) is 10.1. The Morgan fingerprint density at radius 3 is 2.88 bits per heavy atom. The fraction of sp³-hybridized carbons (Fsp3) is 0.0909. The van der Waals surface area contributed by atoms with Crippen molar-refractivity contribution in [1.82, 2.24) is 9.97 Å². The van der Waals surface area contributed by atoms with E-state index in [0.717, 1.165) is 0 Å². The maximum atomic E-state index is 13.6. The lowest BCUT2D eigenvalue weighted by atomic mass is 10.3. The molecule has 0 spiro atoms. The fourth-order valence-electron chi connectivity index (χ4n) is 1.29. The molecule has 0 saturated carbocycles. The molecule has 0 radical (unpaired) electrons. The molecule has 0 bridgehead atoms. The summed E-state index contributed by atoms with van der Waals surface area (Å²) < 4.78 is 13.6. The fourth-order valence-corrected chi connectivity index (χ4v) is 1.46. The van der Waals surface area contributed by atoms with Crippen LogP contribution in [-0.4, -0.2) is 17.0 Å². The number of nitrogens with zero attached hydrogens (tertiary/aromatic N) is 2. The number of halogens is 2. The van der Waals surface area contributed by atoms with E-state index in [1.54, 1.807) is 31.4 Å². The van der Waals surface area contributed by atoms with Crippen molar-refractivity contribution in [3.05, 3.63) is 41.3 Å². The quantitative estimate of drug-likeness (QED) is 0.882. The van der Waals surface area contributed by atoms with E-state index >= 15 is 0 Å². The smallest absolute Gasteiger partial charge is 0.224 e. The third kappa shape index (κ3) is 2.62. The minimum atomic E-state index is -0.501. The molecule has 2 rings (SSSR count). The van der Waals surface area contributed by atoms with Gasteiger partial charge in [-0.05, 0) is 18.2 Å². The van der Waals surface area contributed by atoms with Gasteiger partial charge in [0.1, 0.15) is 5.82 Å². The summed E-state index contributed by atoms with van der Waals surface area (Å²) in [4.78, 5) is 8.07. The Labute approximate surface area is 103 Å². The van der Waals surface area contributed by atoms with Crippen molar-refractivity contribution >= 4 is 29.1 Å². The number of hydrogen-bond donors (Lipinski definition) is 2. The van der Waals surface area contributed by atoms with E-state index in [-0.39, 0.29) is 10.7 Å². The van der Waals surface area contributed by atoms with Gasteiger partial charge >= 0.3 is 0 Å². The first-order valence-corrected chi connectivity index (χ1v) is 5.30. The Kier molecular flexibility index (Phi) is 3.39. The highest BCUT2D eigenvalue weighted by atomic mass is 35.5. The molecule has 1 heterocycles. The molecule has 0 amide bonds. The first-order chi connectivity index (χ1) is 8.20. The molecule has 2 aromatic rings. The lowest BCUT2D eigenvalue weighted by Crippen LogP contribution is -2.01. The van der Waals surface area contributed by atoms with Crippen molar-refractivity contribution in [2.45, 2.75) is 0 Å². The largest absolute Gasteiger partial charge is 0.357 e. The van der Waals surface area contributed by atoms with E-state index in [9.17, 15) is 4.39 Å². The molecule has 0 unspecified atom stereocenters. The minimum Gasteiger partial charge on any atom is -0.357 e. The predicted molar refractivity (Wildman–Crippen MR) is 66.3 cm³/mol. The summed E-state index contributed by atoms with van der Waals surface area (Å²) in [5.41, 5.74) is 0.276. The topological polar surface area (TPSA) is 49.8 Å². The van der Waals surface area contributed by atoms with E-state index in [2.05, 4.69) is 20.6 Å². The van der Waals surface area contributed by atoms with Gasteiger partial charge < -0.3 is 10.6 Å². The lowest BCUT2D eigenvalue weighted by molar-refractivity contribution is 0.632. The molecule has 0 saturated heterocycles. The molecule has 0 fully saturated rings. The molecular formula is C11H10ClFN4. The number of aromatic nitrogens is 2. The van der Waals surface area contributed by atoms with Gasteiger partial charge in [-0.15, -0.1) is 0 Å². The van der Waals surface area contributed by atoms with E-state index < -0.39 is 5.82 Å². The van der Waals surface area contributed by atoms with Gasteiger partial charge in [-0.2, -0.15) is 4.98 Å². The molecule has 17 heavy (non-hydrogen) atoms. The van der Waals surface area contributed by atoms with Gasteiger partial charge in [0.15, 0.2) is 5.82 Å². The van der Waals surface area contributed by atoms with Gasteiger partial charge in [0.2, 0.25) is 5.95 Å². The van der Waals surface area contributed by atoms with Crippen LogP contribution in [0.25, 0.3) is 0 Å². The van der Waals surface area contributed by atoms with Crippen LogP contribution in [0.1, 0.15) is 0 Å². The summed E-state index contributed by atoms with van der Waals surface area (Å²) in [5.74, 6) is 0.446. The van der Waals surface area contributed by atoms with Crippen molar-refractivity contribution in [2.24, 2.45) is 0 Å². The van der Waals surface area contributed by atoms with Crippen LogP contribution in [0.15, 0.2) is 30.5 Å². The summed E-state index contributed by atoms with van der Waals surface area (Å²) in [5, 5.41) is 5.70. The zero-order valence-electron chi connectivity index (χ0n) is 9.04. The van der Waals surface area contributed by atoms with E-state index in [1.165, 1.54) is 6.07 Å². The highest BCUT2D eigenvalue weighted by molar-refractivity contribution is 6.31. The van der Waals surface area contributed by atoms with Crippen LogP contribution >= 0.6 is 11.6 Å². The van der Waals surface area contributed by atoms with Crippen LogP contribution in [0, 0.1) is 5.82 Å². The molecule has 0 aliphatic heterocycles. The van der Waals surface area contributed by atoms with E-state index in [4.69, 9.17) is 11.6 Å². The number of nitrogens with one attached hydrogen (secondary N) is 2. The number of anilines is 3. The summed E-state index contributed by atoms with van der Waals surface area (Å²) in [6.45, 7) is 0. The third-order valence-electron chi connectivity index (χ3n) is 2.09. The molecule has 0 atom stereocenters. The highest BCUT2D eigenvalue weighted by Crippen LogP contribution is 2.24. The van der Waals surface area contributed by atoms with Gasteiger partial charge in [-0.25, -0.2) is 9.37 Å². The van der Waals surface area contributed by atoms with Crippen LogP contribution in [-0.2, 0) is 0 Å². The predicted octanol–water partition coefficient (Wildman–Crippen LogP) is 3.05. The van der Waals surface area contributed by atoms with Gasteiger partial charge in [-0.1, -0.05) is 17.7 Å².